The molecule has 0 amide bonds. The number of aromatic nitrogens is 5. The molecule has 4 heterocycles. The molecule has 0 saturated carbocycles. The Hall–Kier alpha value is -3.30. The summed E-state index contributed by atoms with van der Waals surface area (Å²) >= 11 is 0. The fourth-order valence-corrected chi connectivity index (χ4v) is 4.56. The highest BCUT2D eigenvalue weighted by atomic mass is 16.5. The van der Waals surface area contributed by atoms with Gasteiger partial charge in [0.1, 0.15) is 12.3 Å². The molecule has 172 valence electrons. The zero-order valence-corrected chi connectivity index (χ0v) is 19.0. The second-order valence-corrected chi connectivity index (χ2v) is 8.81. The second-order valence-electron chi connectivity index (χ2n) is 8.81. The van der Waals surface area contributed by atoms with Gasteiger partial charge in [0.2, 0.25) is 0 Å². The van der Waals surface area contributed by atoms with E-state index in [0.717, 1.165) is 47.2 Å². The SMILES string of the molecule is Cc1cc(C)c2[nH]c(=O)c(CN(Cc3nnnn3Cc3ccco3)C[C@@H]3CCCO3)cc2c1. The number of aryl methyl sites for hydroxylation is 2. The van der Waals surface area contributed by atoms with Crippen LogP contribution in [0.2, 0.25) is 0 Å². The second kappa shape index (κ2) is 9.29. The number of aromatic amines is 1. The molecule has 0 spiro atoms. The highest BCUT2D eigenvalue weighted by Crippen LogP contribution is 2.20. The van der Waals surface area contributed by atoms with Crippen LogP contribution >= 0.6 is 0 Å². The third-order valence-electron chi connectivity index (χ3n) is 6.11. The highest BCUT2D eigenvalue weighted by molar-refractivity contribution is 5.82. The molecule has 0 aliphatic carbocycles. The van der Waals surface area contributed by atoms with Crippen LogP contribution in [0.15, 0.2) is 45.8 Å². The Balaban J connectivity index is 1.42. The molecule has 1 atom stereocenters. The van der Waals surface area contributed by atoms with Gasteiger partial charge in [0.15, 0.2) is 5.82 Å². The van der Waals surface area contributed by atoms with Crippen molar-refractivity contribution in [3.63, 3.8) is 0 Å². The Morgan fingerprint density at radius 1 is 1.24 bits per heavy atom. The van der Waals surface area contributed by atoms with Gasteiger partial charge in [0, 0.05) is 25.3 Å². The lowest BCUT2D eigenvalue weighted by molar-refractivity contribution is 0.0663. The van der Waals surface area contributed by atoms with Crippen LogP contribution in [-0.2, 0) is 24.4 Å². The summed E-state index contributed by atoms with van der Waals surface area (Å²) < 4.78 is 13.1. The lowest BCUT2D eigenvalue weighted by Gasteiger charge is -2.24. The first-order valence-corrected chi connectivity index (χ1v) is 11.3. The zero-order valence-electron chi connectivity index (χ0n) is 19.0. The fourth-order valence-electron chi connectivity index (χ4n) is 4.56. The van der Waals surface area contributed by atoms with Gasteiger partial charge in [-0.25, -0.2) is 4.68 Å². The molecular weight excluding hydrogens is 420 g/mol. The van der Waals surface area contributed by atoms with Gasteiger partial charge in [-0.05, 0) is 72.3 Å². The first-order valence-electron chi connectivity index (χ1n) is 11.3. The predicted octanol–water partition coefficient (Wildman–Crippen LogP) is 2.95. The topological polar surface area (TPSA) is 102 Å². The van der Waals surface area contributed by atoms with Gasteiger partial charge in [-0.3, -0.25) is 9.69 Å². The van der Waals surface area contributed by atoms with Gasteiger partial charge in [-0.2, -0.15) is 0 Å². The molecule has 1 fully saturated rings. The molecule has 9 nitrogen and oxygen atoms in total. The number of hydrogen-bond donors (Lipinski definition) is 1. The molecule has 0 radical (unpaired) electrons. The largest absolute Gasteiger partial charge is 0.467 e. The smallest absolute Gasteiger partial charge is 0.252 e. The van der Waals surface area contributed by atoms with E-state index in [-0.39, 0.29) is 11.7 Å². The molecule has 1 N–H and O–H groups in total. The first-order chi connectivity index (χ1) is 16.0. The normalized spacial score (nSPS) is 16.3. The molecule has 1 saturated heterocycles. The molecule has 0 bridgehead atoms. The van der Waals surface area contributed by atoms with E-state index >= 15 is 0 Å². The zero-order chi connectivity index (χ0) is 22.8. The van der Waals surface area contributed by atoms with Gasteiger partial charge in [0.25, 0.3) is 5.56 Å². The Morgan fingerprint density at radius 2 is 2.15 bits per heavy atom. The number of nitrogens with one attached hydrogen (secondary N) is 1. The molecule has 33 heavy (non-hydrogen) atoms. The van der Waals surface area contributed by atoms with Crippen molar-refractivity contribution in [2.45, 2.75) is 52.4 Å². The van der Waals surface area contributed by atoms with Gasteiger partial charge in [-0.15, -0.1) is 5.10 Å². The van der Waals surface area contributed by atoms with Crippen LogP contribution in [-0.4, -0.2) is 49.3 Å². The molecule has 9 heteroatoms. The van der Waals surface area contributed by atoms with Crippen molar-refractivity contribution in [3.8, 4) is 0 Å². The van der Waals surface area contributed by atoms with E-state index in [2.05, 4.69) is 44.5 Å². The van der Waals surface area contributed by atoms with E-state index in [9.17, 15) is 4.79 Å². The molecule has 0 unspecified atom stereocenters. The van der Waals surface area contributed by atoms with Gasteiger partial charge in [-0.1, -0.05) is 11.6 Å². The van der Waals surface area contributed by atoms with Crippen molar-refractivity contribution in [2.75, 3.05) is 13.2 Å². The molecule has 1 aliphatic rings. The van der Waals surface area contributed by atoms with Crippen LogP contribution < -0.4 is 5.56 Å². The van der Waals surface area contributed by atoms with Crippen molar-refractivity contribution in [3.05, 3.63) is 75.2 Å². The maximum Gasteiger partial charge on any atom is 0.252 e. The molecule has 4 aromatic rings. The molecule has 5 rings (SSSR count). The lowest BCUT2D eigenvalue weighted by atomic mass is 10.0. The third kappa shape index (κ3) is 4.89. The third-order valence-corrected chi connectivity index (χ3v) is 6.11. The Bertz CT molecular complexity index is 1290. The summed E-state index contributed by atoms with van der Waals surface area (Å²) in [6.45, 7) is 7.01. The monoisotopic (exact) mass is 448 g/mol. The van der Waals surface area contributed by atoms with E-state index in [4.69, 9.17) is 9.15 Å². The minimum absolute atomic E-state index is 0.0676. The number of hydrogen-bond acceptors (Lipinski definition) is 7. The number of rotatable bonds is 8. The maximum atomic E-state index is 13.0. The number of ether oxygens (including phenoxy) is 1. The molecule has 1 aliphatic heterocycles. The predicted molar refractivity (Wildman–Crippen MR) is 123 cm³/mol. The standard InChI is InChI=1S/C24H28N6O3/c1-16-9-17(2)23-18(10-16)11-19(24(31)25-23)12-29(13-20-5-3-7-32-20)15-22-26-27-28-30(22)14-21-6-4-8-33-21/h4,6,8-11,20H,3,5,7,12-15H2,1-2H3,(H,25,31)/t20-/m0/s1. The van der Waals surface area contributed by atoms with Crippen molar-refractivity contribution < 1.29 is 9.15 Å². The van der Waals surface area contributed by atoms with Crippen LogP contribution in [0.3, 0.4) is 0 Å². The minimum atomic E-state index is -0.0676. The van der Waals surface area contributed by atoms with Gasteiger partial charge < -0.3 is 14.1 Å². The number of tetrazole rings is 1. The summed E-state index contributed by atoms with van der Waals surface area (Å²) in [5.74, 6) is 1.50. The van der Waals surface area contributed by atoms with Crippen LogP contribution in [0.25, 0.3) is 10.9 Å². The highest BCUT2D eigenvalue weighted by Gasteiger charge is 2.22. The van der Waals surface area contributed by atoms with Crippen molar-refractivity contribution in [1.82, 2.24) is 30.1 Å². The van der Waals surface area contributed by atoms with Gasteiger partial charge in [0.05, 0.1) is 24.4 Å². The van der Waals surface area contributed by atoms with E-state index in [1.54, 1.807) is 10.9 Å². The molecule has 3 aromatic heterocycles. The quantitative estimate of drug-likeness (QED) is 0.442. The van der Waals surface area contributed by atoms with Crippen LogP contribution in [0.1, 0.15) is 41.1 Å². The number of nitrogens with zero attached hydrogens (tertiary/aromatic N) is 5. The van der Waals surface area contributed by atoms with Crippen molar-refractivity contribution in [1.29, 1.82) is 0 Å². The summed E-state index contributed by atoms with van der Waals surface area (Å²) in [7, 11) is 0. The fraction of sp³-hybridized carbons (Fsp3) is 0.417. The summed E-state index contributed by atoms with van der Waals surface area (Å²) in [6, 6.07) is 9.94. The number of fused-ring (bicyclic) bond motifs is 1. The number of H-pyrrole nitrogens is 1. The summed E-state index contributed by atoms with van der Waals surface area (Å²) in [4.78, 5) is 18.2. The lowest BCUT2D eigenvalue weighted by Crippen LogP contribution is -2.34. The van der Waals surface area contributed by atoms with E-state index in [0.29, 0.717) is 32.0 Å². The average molecular weight is 449 g/mol. The first kappa shape index (κ1) is 21.5. The van der Waals surface area contributed by atoms with Gasteiger partial charge >= 0.3 is 0 Å². The molecular formula is C24H28N6O3. The van der Waals surface area contributed by atoms with E-state index in [1.807, 2.05) is 25.1 Å². The number of furan rings is 1. The van der Waals surface area contributed by atoms with Crippen LogP contribution in [0.4, 0.5) is 0 Å². The Kier molecular flexibility index (Phi) is 6.06. The number of benzene rings is 1. The van der Waals surface area contributed by atoms with Crippen LogP contribution in [0, 0.1) is 13.8 Å². The molecule has 1 aromatic carbocycles. The van der Waals surface area contributed by atoms with Crippen molar-refractivity contribution in [2.24, 2.45) is 0 Å². The summed E-state index contributed by atoms with van der Waals surface area (Å²) in [5.41, 5.74) is 3.79. The van der Waals surface area contributed by atoms with Crippen molar-refractivity contribution >= 4 is 10.9 Å². The number of pyridine rings is 1. The minimum Gasteiger partial charge on any atom is -0.467 e. The Morgan fingerprint density at radius 3 is 2.94 bits per heavy atom. The van der Waals surface area contributed by atoms with E-state index in [1.165, 1.54) is 5.56 Å². The Labute approximate surface area is 191 Å². The summed E-state index contributed by atoms with van der Waals surface area (Å²) in [6.07, 6.45) is 3.85. The average Bonchev–Trinajstić information content (AvgIpc) is 3.54. The summed E-state index contributed by atoms with van der Waals surface area (Å²) in [5, 5.41) is 13.3. The van der Waals surface area contributed by atoms with Crippen LogP contribution in [0.5, 0.6) is 0 Å². The van der Waals surface area contributed by atoms with E-state index < -0.39 is 0 Å². The maximum absolute atomic E-state index is 13.0.